The summed E-state index contributed by atoms with van der Waals surface area (Å²) in [5.74, 6) is -1.69. The van der Waals surface area contributed by atoms with Crippen molar-refractivity contribution in [1.29, 1.82) is 0 Å². The molecule has 6 nitrogen and oxygen atoms in total. The van der Waals surface area contributed by atoms with Crippen LogP contribution in [0.2, 0.25) is 0 Å². The van der Waals surface area contributed by atoms with E-state index in [1.165, 1.54) is 24.3 Å². The number of rotatable bonds is 3. The highest BCUT2D eigenvalue weighted by atomic mass is 19.1. The number of pyridine rings is 1. The number of carbonyl (C=O) groups is 2. The topological polar surface area (TPSA) is 79.7 Å². The molecule has 0 bridgehead atoms. The van der Waals surface area contributed by atoms with Crippen LogP contribution in [0.15, 0.2) is 36.4 Å². The molecule has 1 N–H and O–H groups in total. The van der Waals surface area contributed by atoms with Crippen molar-refractivity contribution in [2.75, 3.05) is 13.1 Å². The molecule has 0 spiro atoms. The zero-order valence-corrected chi connectivity index (χ0v) is 14.5. The lowest BCUT2D eigenvalue weighted by molar-refractivity contribution is -0.0693. The number of nitrogens with zero attached hydrogens (tertiary/aromatic N) is 2. The van der Waals surface area contributed by atoms with Gasteiger partial charge in [0.05, 0.1) is 23.9 Å². The summed E-state index contributed by atoms with van der Waals surface area (Å²) in [7, 11) is 0. The van der Waals surface area contributed by atoms with Crippen molar-refractivity contribution in [2.24, 2.45) is 0 Å². The Morgan fingerprint density at radius 2 is 1.88 bits per heavy atom. The third-order valence-corrected chi connectivity index (χ3v) is 4.32. The molecule has 1 aliphatic heterocycles. The van der Waals surface area contributed by atoms with Gasteiger partial charge in [0.2, 0.25) is 0 Å². The van der Waals surface area contributed by atoms with Crippen LogP contribution in [0.5, 0.6) is 0 Å². The van der Waals surface area contributed by atoms with Gasteiger partial charge < -0.3 is 14.7 Å². The second-order valence-electron chi connectivity index (χ2n) is 6.33. The summed E-state index contributed by atoms with van der Waals surface area (Å²) in [4.78, 5) is 29.7. The molecule has 1 aromatic heterocycles. The third kappa shape index (κ3) is 3.72. The van der Waals surface area contributed by atoms with E-state index in [-0.39, 0.29) is 35.2 Å². The molecule has 0 saturated carbocycles. The fraction of sp³-hybridized carbons (Fsp3) is 0.316. The molecule has 2 unspecified atom stereocenters. The van der Waals surface area contributed by atoms with Crippen LogP contribution < -0.4 is 0 Å². The molecule has 0 radical (unpaired) electrons. The van der Waals surface area contributed by atoms with Crippen molar-refractivity contribution in [3.63, 3.8) is 0 Å². The number of carboxylic acid groups (broad SMARTS) is 1. The Morgan fingerprint density at radius 3 is 2.50 bits per heavy atom. The highest BCUT2D eigenvalue weighted by Gasteiger charge is 2.30. The molecule has 3 rings (SSSR count). The zero-order valence-electron chi connectivity index (χ0n) is 14.5. The van der Waals surface area contributed by atoms with E-state index >= 15 is 0 Å². The monoisotopic (exact) mass is 358 g/mol. The number of aromatic nitrogens is 1. The number of aromatic carboxylic acids is 1. The fourth-order valence-electron chi connectivity index (χ4n) is 3.05. The maximum atomic E-state index is 13.1. The first-order valence-electron chi connectivity index (χ1n) is 8.26. The van der Waals surface area contributed by atoms with Crippen LogP contribution in [0.3, 0.4) is 0 Å². The van der Waals surface area contributed by atoms with Gasteiger partial charge in [-0.25, -0.2) is 14.2 Å². The summed E-state index contributed by atoms with van der Waals surface area (Å²) in [6, 6.07) is 8.82. The van der Waals surface area contributed by atoms with Gasteiger partial charge in [-0.2, -0.15) is 0 Å². The fourth-order valence-corrected chi connectivity index (χ4v) is 3.05. The first-order chi connectivity index (χ1) is 12.3. The molecule has 7 heteroatoms. The second-order valence-corrected chi connectivity index (χ2v) is 6.33. The van der Waals surface area contributed by atoms with E-state index in [1.54, 1.807) is 24.0 Å². The van der Waals surface area contributed by atoms with Crippen molar-refractivity contribution < 1.29 is 23.8 Å². The lowest BCUT2D eigenvalue weighted by atomic mass is 10.1. The average Bonchev–Trinajstić information content (AvgIpc) is 2.60. The molecule has 1 aliphatic rings. The Balaban J connectivity index is 1.81. The SMILES string of the molecule is Cc1nc(C(=O)N2CC(C)OC(c3ccc(F)cc3)C2)ccc1C(=O)O. The van der Waals surface area contributed by atoms with Crippen LogP contribution in [-0.2, 0) is 4.74 Å². The number of hydrogen-bond acceptors (Lipinski definition) is 4. The molecule has 136 valence electrons. The van der Waals surface area contributed by atoms with E-state index < -0.39 is 5.97 Å². The standard InChI is InChI=1S/C19H19FN2O4/c1-11-9-22(10-17(26-11)13-3-5-14(20)6-4-13)18(23)16-8-7-15(19(24)25)12(2)21-16/h3-8,11,17H,9-10H2,1-2H3,(H,24,25). The summed E-state index contributed by atoms with van der Waals surface area (Å²) in [6.45, 7) is 4.14. The molecule has 1 aromatic carbocycles. The van der Waals surface area contributed by atoms with Crippen LogP contribution in [0.25, 0.3) is 0 Å². The summed E-state index contributed by atoms with van der Waals surface area (Å²) >= 11 is 0. The first kappa shape index (κ1) is 18.0. The average molecular weight is 358 g/mol. The normalized spacial score (nSPS) is 20.0. The van der Waals surface area contributed by atoms with Gasteiger partial charge in [0.1, 0.15) is 17.6 Å². The van der Waals surface area contributed by atoms with Gasteiger partial charge in [-0.15, -0.1) is 0 Å². The van der Waals surface area contributed by atoms with E-state index in [0.29, 0.717) is 18.8 Å². The maximum absolute atomic E-state index is 13.1. The molecule has 0 aliphatic carbocycles. The highest BCUT2D eigenvalue weighted by Crippen LogP contribution is 2.26. The van der Waals surface area contributed by atoms with E-state index in [0.717, 1.165) is 5.56 Å². The molecule has 1 amide bonds. The largest absolute Gasteiger partial charge is 0.478 e. The summed E-state index contributed by atoms with van der Waals surface area (Å²) in [6.07, 6.45) is -0.551. The lowest BCUT2D eigenvalue weighted by Gasteiger charge is -2.37. The van der Waals surface area contributed by atoms with Gasteiger partial charge in [0.25, 0.3) is 5.91 Å². The Labute approximate surface area is 150 Å². The van der Waals surface area contributed by atoms with Crippen LogP contribution >= 0.6 is 0 Å². The van der Waals surface area contributed by atoms with Gasteiger partial charge in [-0.05, 0) is 43.7 Å². The first-order valence-corrected chi connectivity index (χ1v) is 8.26. The maximum Gasteiger partial charge on any atom is 0.337 e. The van der Waals surface area contributed by atoms with Crippen molar-refractivity contribution in [1.82, 2.24) is 9.88 Å². The minimum absolute atomic E-state index is 0.0704. The molecule has 2 aromatic rings. The second kappa shape index (κ2) is 7.21. The number of hydrogen-bond donors (Lipinski definition) is 1. The van der Waals surface area contributed by atoms with Gasteiger partial charge >= 0.3 is 5.97 Å². The Bertz CT molecular complexity index is 838. The van der Waals surface area contributed by atoms with Crippen molar-refractivity contribution in [3.8, 4) is 0 Å². The van der Waals surface area contributed by atoms with Gasteiger partial charge in [-0.1, -0.05) is 12.1 Å². The van der Waals surface area contributed by atoms with Gasteiger partial charge in [0.15, 0.2) is 0 Å². The van der Waals surface area contributed by atoms with Gasteiger partial charge in [0, 0.05) is 6.54 Å². The number of amides is 1. The Hall–Kier alpha value is -2.80. The summed E-state index contributed by atoms with van der Waals surface area (Å²) < 4.78 is 19.0. The zero-order chi connectivity index (χ0) is 18.8. The van der Waals surface area contributed by atoms with Crippen LogP contribution in [0.4, 0.5) is 4.39 Å². The smallest absolute Gasteiger partial charge is 0.337 e. The molecule has 26 heavy (non-hydrogen) atoms. The van der Waals surface area contributed by atoms with Crippen molar-refractivity contribution in [2.45, 2.75) is 26.1 Å². The number of halogens is 1. The number of carbonyl (C=O) groups excluding carboxylic acids is 1. The van der Waals surface area contributed by atoms with E-state index in [2.05, 4.69) is 4.98 Å². The minimum Gasteiger partial charge on any atom is -0.478 e. The Kier molecular flexibility index (Phi) is 4.99. The van der Waals surface area contributed by atoms with Crippen molar-refractivity contribution in [3.05, 3.63) is 64.7 Å². The highest BCUT2D eigenvalue weighted by molar-refractivity contribution is 5.94. The van der Waals surface area contributed by atoms with E-state index in [4.69, 9.17) is 9.84 Å². The number of ether oxygens (including phenoxy) is 1. The van der Waals surface area contributed by atoms with Crippen molar-refractivity contribution >= 4 is 11.9 Å². The third-order valence-electron chi connectivity index (χ3n) is 4.32. The molecule has 2 atom stereocenters. The molecular weight excluding hydrogens is 339 g/mol. The number of morpholine rings is 1. The molecule has 2 heterocycles. The van der Waals surface area contributed by atoms with Crippen LogP contribution in [0.1, 0.15) is 45.1 Å². The Morgan fingerprint density at radius 1 is 1.19 bits per heavy atom. The minimum atomic E-state index is -1.08. The van der Waals surface area contributed by atoms with E-state index in [1.807, 2.05) is 6.92 Å². The predicted molar refractivity (Wildman–Crippen MR) is 91.5 cm³/mol. The summed E-state index contributed by atoms with van der Waals surface area (Å²) in [5.41, 5.74) is 1.35. The quantitative estimate of drug-likeness (QED) is 0.913. The lowest BCUT2D eigenvalue weighted by Crippen LogP contribution is -2.46. The molecular formula is C19H19FN2O4. The number of benzene rings is 1. The van der Waals surface area contributed by atoms with Gasteiger partial charge in [-0.3, -0.25) is 4.79 Å². The number of carboxylic acids is 1. The summed E-state index contributed by atoms with van der Waals surface area (Å²) in [5, 5.41) is 9.08. The molecule has 1 saturated heterocycles. The van der Waals surface area contributed by atoms with E-state index in [9.17, 15) is 14.0 Å². The predicted octanol–water partition coefficient (Wildman–Crippen LogP) is 2.83. The molecule has 1 fully saturated rings. The number of aryl methyl sites for hydroxylation is 1. The van der Waals surface area contributed by atoms with Crippen LogP contribution in [0, 0.1) is 12.7 Å². The van der Waals surface area contributed by atoms with Crippen LogP contribution in [-0.4, -0.2) is 46.1 Å².